The maximum atomic E-state index is 12.9. The summed E-state index contributed by atoms with van der Waals surface area (Å²) in [6.07, 6.45) is 1.09. The van der Waals surface area contributed by atoms with Gasteiger partial charge in [-0.25, -0.2) is 8.42 Å². The monoisotopic (exact) mass is 394 g/mol. The third kappa shape index (κ3) is 3.70. The van der Waals surface area contributed by atoms with Crippen molar-refractivity contribution in [3.05, 3.63) is 53.6 Å². The molecule has 1 fully saturated rings. The summed E-state index contributed by atoms with van der Waals surface area (Å²) >= 11 is 5.83. The van der Waals surface area contributed by atoms with E-state index >= 15 is 0 Å². The Labute approximate surface area is 157 Å². The number of halogens is 1. The van der Waals surface area contributed by atoms with Crippen LogP contribution in [-0.2, 0) is 14.8 Å². The van der Waals surface area contributed by atoms with E-state index in [0.29, 0.717) is 35.8 Å². The van der Waals surface area contributed by atoms with Crippen molar-refractivity contribution in [1.29, 1.82) is 0 Å². The van der Waals surface area contributed by atoms with E-state index in [2.05, 4.69) is 5.32 Å². The highest BCUT2D eigenvalue weighted by atomic mass is 35.5. The molecular weight excluding hydrogens is 376 g/mol. The fourth-order valence-electron chi connectivity index (χ4n) is 3.00. The number of sulfonamides is 1. The molecule has 0 saturated carbocycles. The Morgan fingerprint density at radius 3 is 2.58 bits per heavy atom. The second-order valence-electron chi connectivity index (χ2n) is 5.92. The molecule has 2 aromatic rings. The first kappa shape index (κ1) is 18.7. The zero-order valence-electron chi connectivity index (χ0n) is 14.2. The Morgan fingerprint density at radius 1 is 1.19 bits per heavy atom. The number of nitrogens with one attached hydrogen (secondary N) is 1. The first-order valence-corrected chi connectivity index (χ1v) is 9.96. The summed E-state index contributed by atoms with van der Waals surface area (Å²) in [4.78, 5) is 12.9. The molecule has 1 amide bonds. The molecule has 1 atom stereocenters. The lowest BCUT2D eigenvalue weighted by Gasteiger charge is -2.23. The molecule has 1 N–H and O–H groups in total. The first-order valence-electron chi connectivity index (χ1n) is 8.15. The van der Waals surface area contributed by atoms with E-state index in [1.807, 2.05) is 0 Å². The van der Waals surface area contributed by atoms with Crippen LogP contribution in [0.2, 0.25) is 5.02 Å². The number of carbonyl (C=O) groups excluding carboxylic acids is 1. The SMILES string of the molecule is COc1ccccc1NC(=O)[C@@H]1CCCN1S(=O)(=O)c1ccc(Cl)cc1. The predicted octanol–water partition coefficient (Wildman–Crippen LogP) is 3.14. The van der Waals surface area contributed by atoms with Crippen LogP contribution < -0.4 is 10.1 Å². The van der Waals surface area contributed by atoms with Crippen LogP contribution in [0.25, 0.3) is 0 Å². The molecule has 1 aliphatic rings. The molecule has 6 nitrogen and oxygen atoms in total. The van der Waals surface area contributed by atoms with Crippen molar-refractivity contribution in [2.24, 2.45) is 0 Å². The molecule has 1 heterocycles. The van der Waals surface area contributed by atoms with Crippen LogP contribution in [0.3, 0.4) is 0 Å². The van der Waals surface area contributed by atoms with Gasteiger partial charge in [0.05, 0.1) is 17.7 Å². The second kappa shape index (κ2) is 7.65. The Morgan fingerprint density at radius 2 is 1.88 bits per heavy atom. The van der Waals surface area contributed by atoms with Gasteiger partial charge in [0.15, 0.2) is 0 Å². The summed E-state index contributed by atoms with van der Waals surface area (Å²) < 4.78 is 32.3. The number of anilines is 1. The normalized spacial score (nSPS) is 17.8. The van der Waals surface area contributed by atoms with E-state index in [-0.39, 0.29) is 10.8 Å². The van der Waals surface area contributed by atoms with E-state index in [9.17, 15) is 13.2 Å². The molecule has 0 unspecified atom stereocenters. The zero-order chi connectivity index (χ0) is 18.7. The summed E-state index contributed by atoms with van der Waals surface area (Å²) in [6, 6.07) is 12.2. The molecule has 1 saturated heterocycles. The average molecular weight is 395 g/mol. The standard InChI is InChI=1S/C18H19ClN2O4S/c1-25-17-7-3-2-5-15(17)20-18(22)16-6-4-12-21(16)26(23,24)14-10-8-13(19)9-11-14/h2-3,5,7-11,16H,4,6,12H2,1H3,(H,20,22)/t16-/m0/s1. The highest BCUT2D eigenvalue weighted by Gasteiger charge is 2.39. The maximum Gasteiger partial charge on any atom is 0.243 e. The van der Waals surface area contributed by atoms with Crippen LogP contribution in [0, 0.1) is 0 Å². The molecule has 0 bridgehead atoms. The molecule has 8 heteroatoms. The van der Waals surface area contributed by atoms with Crippen molar-refractivity contribution in [2.45, 2.75) is 23.8 Å². The summed E-state index contributed by atoms with van der Waals surface area (Å²) in [5.74, 6) is 0.149. The molecule has 3 rings (SSSR count). The predicted molar refractivity (Wildman–Crippen MR) is 100.0 cm³/mol. The highest BCUT2D eigenvalue weighted by molar-refractivity contribution is 7.89. The Balaban J connectivity index is 1.83. The van der Waals surface area contributed by atoms with Gasteiger partial charge in [0.25, 0.3) is 0 Å². The topological polar surface area (TPSA) is 75.7 Å². The van der Waals surface area contributed by atoms with Crippen molar-refractivity contribution in [1.82, 2.24) is 4.31 Å². The third-order valence-corrected chi connectivity index (χ3v) is 6.47. The number of nitrogens with zero attached hydrogens (tertiary/aromatic N) is 1. The number of amides is 1. The third-order valence-electron chi connectivity index (χ3n) is 4.29. The lowest BCUT2D eigenvalue weighted by molar-refractivity contribution is -0.119. The van der Waals surface area contributed by atoms with E-state index < -0.39 is 16.1 Å². The van der Waals surface area contributed by atoms with Crippen LogP contribution in [0.4, 0.5) is 5.69 Å². The number of carbonyl (C=O) groups is 1. The molecule has 0 aliphatic carbocycles. The van der Waals surface area contributed by atoms with Crippen LogP contribution in [0.5, 0.6) is 5.75 Å². The number of methoxy groups -OCH3 is 1. The van der Waals surface area contributed by atoms with Gasteiger partial charge in [0.2, 0.25) is 15.9 Å². The van der Waals surface area contributed by atoms with Gasteiger partial charge in [0, 0.05) is 11.6 Å². The van der Waals surface area contributed by atoms with Gasteiger partial charge >= 0.3 is 0 Å². The molecule has 1 aliphatic heterocycles. The van der Waals surface area contributed by atoms with Crippen LogP contribution in [0.1, 0.15) is 12.8 Å². The van der Waals surface area contributed by atoms with Gasteiger partial charge in [0.1, 0.15) is 11.8 Å². The Kier molecular flexibility index (Phi) is 5.50. The van der Waals surface area contributed by atoms with Crippen molar-refractivity contribution >= 4 is 33.2 Å². The lowest BCUT2D eigenvalue weighted by Crippen LogP contribution is -2.43. The summed E-state index contributed by atoms with van der Waals surface area (Å²) in [5.41, 5.74) is 0.510. The van der Waals surface area contributed by atoms with Crippen molar-refractivity contribution in [3.63, 3.8) is 0 Å². The van der Waals surface area contributed by atoms with Crippen molar-refractivity contribution in [2.75, 3.05) is 19.0 Å². The molecule has 138 valence electrons. The minimum absolute atomic E-state index is 0.124. The molecule has 0 spiro atoms. The Hall–Kier alpha value is -2.09. The van der Waals surface area contributed by atoms with E-state index in [0.717, 1.165) is 0 Å². The Bertz CT molecular complexity index is 900. The van der Waals surface area contributed by atoms with Crippen LogP contribution in [-0.4, -0.2) is 38.3 Å². The second-order valence-corrected chi connectivity index (χ2v) is 8.24. The minimum Gasteiger partial charge on any atom is -0.495 e. The van der Waals surface area contributed by atoms with E-state index in [4.69, 9.17) is 16.3 Å². The largest absolute Gasteiger partial charge is 0.495 e. The van der Waals surface area contributed by atoms with Gasteiger partial charge in [-0.05, 0) is 49.2 Å². The van der Waals surface area contributed by atoms with Gasteiger partial charge in [-0.1, -0.05) is 23.7 Å². The fraction of sp³-hybridized carbons (Fsp3) is 0.278. The average Bonchev–Trinajstić information content (AvgIpc) is 3.13. The maximum absolute atomic E-state index is 12.9. The quantitative estimate of drug-likeness (QED) is 0.845. The highest BCUT2D eigenvalue weighted by Crippen LogP contribution is 2.29. The first-order chi connectivity index (χ1) is 12.4. The van der Waals surface area contributed by atoms with Crippen LogP contribution in [0.15, 0.2) is 53.4 Å². The van der Waals surface area contributed by atoms with E-state index in [1.165, 1.54) is 35.7 Å². The lowest BCUT2D eigenvalue weighted by atomic mass is 10.2. The van der Waals surface area contributed by atoms with Gasteiger partial charge in [-0.15, -0.1) is 0 Å². The number of rotatable bonds is 5. The molecular formula is C18H19ClN2O4S. The number of benzene rings is 2. The molecule has 2 aromatic carbocycles. The number of para-hydroxylation sites is 2. The van der Waals surface area contributed by atoms with Crippen molar-refractivity contribution in [3.8, 4) is 5.75 Å². The summed E-state index contributed by atoms with van der Waals surface area (Å²) in [5, 5.41) is 3.23. The number of hydrogen-bond acceptors (Lipinski definition) is 4. The van der Waals surface area contributed by atoms with Gasteiger partial charge in [-0.2, -0.15) is 4.31 Å². The number of ether oxygens (including phenoxy) is 1. The summed E-state index contributed by atoms with van der Waals surface area (Å²) in [7, 11) is -2.26. The minimum atomic E-state index is -3.78. The van der Waals surface area contributed by atoms with E-state index in [1.54, 1.807) is 24.3 Å². The van der Waals surface area contributed by atoms with Gasteiger partial charge < -0.3 is 10.1 Å². The number of hydrogen-bond donors (Lipinski definition) is 1. The summed E-state index contributed by atoms with van der Waals surface area (Å²) in [6.45, 7) is 0.301. The molecule has 0 radical (unpaired) electrons. The fourth-order valence-corrected chi connectivity index (χ4v) is 4.78. The van der Waals surface area contributed by atoms with Gasteiger partial charge in [-0.3, -0.25) is 4.79 Å². The smallest absolute Gasteiger partial charge is 0.243 e. The van der Waals surface area contributed by atoms with Crippen molar-refractivity contribution < 1.29 is 17.9 Å². The zero-order valence-corrected chi connectivity index (χ0v) is 15.8. The molecule has 26 heavy (non-hydrogen) atoms. The molecule has 0 aromatic heterocycles. The van der Waals surface area contributed by atoms with Crippen LogP contribution >= 0.6 is 11.6 Å².